The summed E-state index contributed by atoms with van der Waals surface area (Å²) in [4.78, 5) is 15.9. The molecule has 2 N–H and O–H groups in total. The van der Waals surface area contributed by atoms with Crippen LogP contribution in [0.1, 0.15) is 18.1 Å². The number of amides is 1. The van der Waals surface area contributed by atoms with Crippen LogP contribution in [-0.4, -0.2) is 25.1 Å². The maximum absolute atomic E-state index is 11.4. The van der Waals surface area contributed by atoms with E-state index in [1.54, 1.807) is 14.2 Å². The molecule has 2 aromatic carbocycles. The third-order valence-corrected chi connectivity index (χ3v) is 4.31. The first kappa shape index (κ1) is 18.5. The molecule has 0 aliphatic heterocycles. The van der Waals surface area contributed by atoms with E-state index < -0.39 is 0 Å². The van der Waals surface area contributed by atoms with E-state index in [0.717, 1.165) is 33.5 Å². The molecule has 140 valence electrons. The van der Waals surface area contributed by atoms with Gasteiger partial charge in [-0.05, 0) is 36.2 Å². The zero-order chi connectivity index (χ0) is 19.4. The predicted octanol–water partition coefficient (Wildman–Crippen LogP) is 4.13. The normalized spacial score (nSPS) is 10.5. The van der Waals surface area contributed by atoms with Crippen molar-refractivity contribution in [3.05, 3.63) is 53.7 Å². The van der Waals surface area contributed by atoms with Crippen LogP contribution in [0.4, 0.5) is 11.4 Å². The monoisotopic (exact) mass is 365 g/mol. The molecule has 0 atom stereocenters. The molecule has 1 heterocycles. The van der Waals surface area contributed by atoms with Crippen molar-refractivity contribution in [2.75, 3.05) is 24.9 Å². The summed E-state index contributed by atoms with van der Waals surface area (Å²) >= 11 is 0. The Balaban J connectivity index is 1.91. The van der Waals surface area contributed by atoms with Gasteiger partial charge in [-0.3, -0.25) is 9.78 Å². The maximum Gasteiger partial charge on any atom is 0.221 e. The molecule has 0 bridgehead atoms. The first-order chi connectivity index (χ1) is 13.0. The maximum atomic E-state index is 11.4. The number of aryl methyl sites for hydroxylation is 1. The third-order valence-electron chi connectivity index (χ3n) is 4.31. The third kappa shape index (κ3) is 3.95. The number of para-hydroxylation sites is 1. The zero-order valence-corrected chi connectivity index (χ0v) is 15.9. The summed E-state index contributed by atoms with van der Waals surface area (Å²) in [5, 5.41) is 7.30. The summed E-state index contributed by atoms with van der Waals surface area (Å²) in [5.74, 6) is 1.23. The summed E-state index contributed by atoms with van der Waals surface area (Å²) in [6.45, 7) is 4.09. The number of hydrogen-bond donors (Lipinski definition) is 2. The Morgan fingerprint density at radius 2 is 1.89 bits per heavy atom. The fourth-order valence-electron chi connectivity index (χ4n) is 3.04. The summed E-state index contributed by atoms with van der Waals surface area (Å²) in [6.07, 6.45) is 1.84. The van der Waals surface area contributed by atoms with Crippen LogP contribution in [0.3, 0.4) is 0 Å². The fourth-order valence-corrected chi connectivity index (χ4v) is 3.04. The Morgan fingerprint density at radius 3 is 2.59 bits per heavy atom. The highest BCUT2D eigenvalue weighted by Crippen LogP contribution is 2.32. The number of methoxy groups -OCH3 is 2. The van der Waals surface area contributed by atoms with E-state index in [4.69, 9.17) is 9.47 Å². The fraction of sp³-hybridized carbons (Fsp3) is 0.238. The minimum absolute atomic E-state index is 0.138. The van der Waals surface area contributed by atoms with Gasteiger partial charge in [0, 0.05) is 30.7 Å². The Labute approximate surface area is 158 Å². The quantitative estimate of drug-likeness (QED) is 0.687. The van der Waals surface area contributed by atoms with Crippen LogP contribution < -0.4 is 20.1 Å². The second-order valence-corrected chi connectivity index (χ2v) is 6.24. The number of anilines is 2. The minimum Gasteiger partial charge on any atom is -0.495 e. The van der Waals surface area contributed by atoms with E-state index in [0.29, 0.717) is 18.0 Å². The average molecular weight is 365 g/mol. The van der Waals surface area contributed by atoms with Gasteiger partial charge in [-0.2, -0.15) is 0 Å². The molecule has 3 aromatic rings. The molecule has 0 aliphatic carbocycles. The first-order valence-electron chi connectivity index (χ1n) is 8.64. The first-order valence-corrected chi connectivity index (χ1v) is 8.64. The van der Waals surface area contributed by atoms with Gasteiger partial charge in [0.05, 0.1) is 19.9 Å². The van der Waals surface area contributed by atoms with Crippen LogP contribution in [0.15, 0.2) is 42.6 Å². The van der Waals surface area contributed by atoms with Crippen molar-refractivity contribution in [1.82, 2.24) is 4.98 Å². The van der Waals surface area contributed by atoms with Crippen molar-refractivity contribution in [2.24, 2.45) is 0 Å². The van der Waals surface area contributed by atoms with E-state index in [1.807, 2.05) is 49.5 Å². The molecule has 1 aromatic heterocycles. The van der Waals surface area contributed by atoms with Gasteiger partial charge in [0.15, 0.2) is 0 Å². The highest BCUT2D eigenvalue weighted by atomic mass is 16.5. The van der Waals surface area contributed by atoms with Crippen LogP contribution >= 0.6 is 0 Å². The van der Waals surface area contributed by atoms with E-state index in [1.165, 1.54) is 6.92 Å². The van der Waals surface area contributed by atoms with Crippen molar-refractivity contribution >= 4 is 28.2 Å². The molecule has 27 heavy (non-hydrogen) atoms. The lowest BCUT2D eigenvalue weighted by Gasteiger charge is -2.15. The van der Waals surface area contributed by atoms with Crippen molar-refractivity contribution in [3.63, 3.8) is 0 Å². The van der Waals surface area contributed by atoms with Crippen LogP contribution in [0.25, 0.3) is 10.9 Å². The SMILES string of the molecule is COc1ccc(CNc2c(C)cnc3c(OC)cccc23)cc1NC(C)=O. The molecule has 1 amide bonds. The average Bonchev–Trinajstić information content (AvgIpc) is 2.66. The molecule has 0 unspecified atom stereocenters. The summed E-state index contributed by atoms with van der Waals surface area (Å²) in [5.41, 5.74) is 4.55. The smallest absolute Gasteiger partial charge is 0.221 e. The number of nitrogens with zero attached hydrogens (tertiary/aromatic N) is 1. The van der Waals surface area contributed by atoms with Gasteiger partial charge in [-0.15, -0.1) is 0 Å². The standard InChI is InChI=1S/C21H23N3O3/c1-13-11-22-21-16(6-5-7-19(21)27-4)20(13)23-12-15-8-9-18(26-3)17(10-15)24-14(2)25/h5-11H,12H2,1-4H3,(H,22,23)(H,24,25). The van der Waals surface area contributed by atoms with E-state index >= 15 is 0 Å². The molecular weight excluding hydrogens is 342 g/mol. The van der Waals surface area contributed by atoms with Gasteiger partial charge < -0.3 is 20.1 Å². The highest BCUT2D eigenvalue weighted by molar-refractivity contribution is 5.96. The number of carbonyl (C=O) groups excluding carboxylic acids is 1. The van der Waals surface area contributed by atoms with E-state index in [2.05, 4.69) is 15.6 Å². The van der Waals surface area contributed by atoms with Crippen LogP contribution in [0.5, 0.6) is 11.5 Å². The molecule has 6 heteroatoms. The summed E-state index contributed by atoms with van der Waals surface area (Å²) in [6, 6.07) is 11.6. The van der Waals surface area contributed by atoms with Crippen molar-refractivity contribution in [1.29, 1.82) is 0 Å². The number of ether oxygens (including phenoxy) is 2. The van der Waals surface area contributed by atoms with Gasteiger partial charge >= 0.3 is 0 Å². The number of fused-ring (bicyclic) bond motifs is 1. The number of carbonyl (C=O) groups is 1. The largest absolute Gasteiger partial charge is 0.495 e. The molecule has 0 aliphatic rings. The van der Waals surface area contributed by atoms with Crippen molar-refractivity contribution in [3.8, 4) is 11.5 Å². The van der Waals surface area contributed by atoms with Crippen LogP contribution in [0.2, 0.25) is 0 Å². The van der Waals surface area contributed by atoms with Gasteiger partial charge in [0.1, 0.15) is 17.0 Å². The molecule has 0 fully saturated rings. The van der Waals surface area contributed by atoms with Crippen molar-refractivity contribution in [2.45, 2.75) is 20.4 Å². The Hall–Kier alpha value is -3.28. The summed E-state index contributed by atoms with van der Waals surface area (Å²) < 4.78 is 10.7. The highest BCUT2D eigenvalue weighted by Gasteiger charge is 2.11. The lowest BCUT2D eigenvalue weighted by Crippen LogP contribution is -2.08. The lowest BCUT2D eigenvalue weighted by molar-refractivity contribution is -0.114. The molecule has 0 saturated heterocycles. The molecule has 0 saturated carbocycles. The van der Waals surface area contributed by atoms with Gasteiger partial charge in [0.2, 0.25) is 5.91 Å². The second kappa shape index (κ2) is 7.95. The lowest BCUT2D eigenvalue weighted by atomic mass is 10.1. The van der Waals surface area contributed by atoms with Gasteiger partial charge in [-0.1, -0.05) is 18.2 Å². The molecule has 6 nitrogen and oxygen atoms in total. The molecular formula is C21H23N3O3. The topological polar surface area (TPSA) is 72.5 Å². The molecule has 3 rings (SSSR count). The minimum atomic E-state index is -0.138. The molecule has 0 radical (unpaired) electrons. The van der Waals surface area contributed by atoms with E-state index in [-0.39, 0.29) is 5.91 Å². The van der Waals surface area contributed by atoms with Gasteiger partial charge in [0.25, 0.3) is 0 Å². The summed E-state index contributed by atoms with van der Waals surface area (Å²) in [7, 11) is 3.22. The Kier molecular flexibility index (Phi) is 5.45. The number of pyridine rings is 1. The number of hydrogen-bond acceptors (Lipinski definition) is 5. The van der Waals surface area contributed by atoms with E-state index in [9.17, 15) is 4.79 Å². The van der Waals surface area contributed by atoms with Gasteiger partial charge in [-0.25, -0.2) is 0 Å². The van der Waals surface area contributed by atoms with Crippen molar-refractivity contribution < 1.29 is 14.3 Å². The van der Waals surface area contributed by atoms with Crippen LogP contribution in [0, 0.1) is 6.92 Å². The Morgan fingerprint density at radius 1 is 1.11 bits per heavy atom. The number of nitrogens with one attached hydrogen (secondary N) is 2. The second-order valence-electron chi connectivity index (χ2n) is 6.24. The molecule has 0 spiro atoms. The number of aromatic nitrogens is 1. The number of benzene rings is 2. The van der Waals surface area contributed by atoms with Crippen LogP contribution in [-0.2, 0) is 11.3 Å². The zero-order valence-electron chi connectivity index (χ0n) is 15.9. The Bertz CT molecular complexity index is 986. The number of rotatable bonds is 6. The predicted molar refractivity (Wildman–Crippen MR) is 108 cm³/mol.